The second kappa shape index (κ2) is 4.50. The molecule has 0 aliphatic carbocycles. The maximum absolute atomic E-state index is 11.7. The number of thiazole rings is 1. The van der Waals surface area contributed by atoms with Gasteiger partial charge in [-0.2, -0.15) is 0 Å². The highest BCUT2D eigenvalue weighted by molar-refractivity contribution is 7.16. The summed E-state index contributed by atoms with van der Waals surface area (Å²) in [4.78, 5) is 22.2. The lowest BCUT2D eigenvalue weighted by Crippen LogP contribution is -2.19. The van der Waals surface area contributed by atoms with E-state index in [1.165, 1.54) is 4.57 Å². The molecule has 0 radical (unpaired) electrons. The highest BCUT2D eigenvalue weighted by Crippen LogP contribution is 2.28. The monoisotopic (exact) mass is 271 g/mol. The predicted molar refractivity (Wildman–Crippen MR) is 68.1 cm³/mol. The number of halogens is 1. The van der Waals surface area contributed by atoms with Gasteiger partial charge >= 0.3 is 10.8 Å². The van der Waals surface area contributed by atoms with Gasteiger partial charge in [0.05, 0.1) is 10.2 Å². The largest absolute Gasteiger partial charge is 0.480 e. The van der Waals surface area contributed by atoms with Gasteiger partial charge in [-0.3, -0.25) is 14.2 Å². The van der Waals surface area contributed by atoms with Crippen molar-refractivity contribution in [3.05, 3.63) is 32.4 Å². The van der Waals surface area contributed by atoms with Crippen molar-refractivity contribution in [3.8, 4) is 0 Å². The van der Waals surface area contributed by atoms with E-state index in [-0.39, 0.29) is 11.4 Å². The Morgan fingerprint density at radius 3 is 2.82 bits per heavy atom. The fraction of sp³-hybridized carbons (Fsp3) is 0.273. The summed E-state index contributed by atoms with van der Waals surface area (Å²) in [5, 5.41) is 9.38. The van der Waals surface area contributed by atoms with Crippen LogP contribution in [-0.2, 0) is 17.8 Å². The van der Waals surface area contributed by atoms with Crippen molar-refractivity contribution in [3.63, 3.8) is 0 Å². The van der Waals surface area contributed by atoms with E-state index >= 15 is 0 Å². The maximum Gasteiger partial charge on any atom is 0.323 e. The molecule has 0 fully saturated rings. The molecule has 1 aromatic carbocycles. The molecule has 0 bridgehead atoms. The molecule has 6 heteroatoms. The van der Waals surface area contributed by atoms with Crippen molar-refractivity contribution in [2.45, 2.75) is 19.9 Å². The quantitative estimate of drug-likeness (QED) is 0.932. The van der Waals surface area contributed by atoms with Gasteiger partial charge in [-0.05, 0) is 24.1 Å². The van der Waals surface area contributed by atoms with Crippen LogP contribution in [0.15, 0.2) is 16.9 Å². The van der Waals surface area contributed by atoms with Crippen molar-refractivity contribution >= 4 is 39.1 Å². The molecule has 0 spiro atoms. The summed E-state index contributed by atoms with van der Waals surface area (Å²) in [6, 6.07) is 3.49. The average molecular weight is 272 g/mol. The normalized spacial score (nSPS) is 10.9. The van der Waals surface area contributed by atoms with Gasteiger partial charge in [0.25, 0.3) is 0 Å². The summed E-state index contributed by atoms with van der Waals surface area (Å²) in [5.41, 5.74) is 1.47. The van der Waals surface area contributed by atoms with E-state index < -0.39 is 5.97 Å². The van der Waals surface area contributed by atoms with Crippen LogP contribution >= 0.6 is 22.9 Å². The summed E-state index contributed by atoms with van der Waals surface area (Å²) in [7, 11) is 0. The lowest BCUT2D eigenvalue weighted by atomic mass is 10.1. The first kappa shape index (κ1) is 12.1. The lowest BCUT2D eigenvalue weighted by molar-refractivity contribution is -0.137. The van der Waals surface area contributed by atoms with Gasteiger partial charge in [-0.15, -0.1) is 0 Å². The molecule has 0 saturated carbocycles. The Hall–Kier alpha value is -1.33. The van der Waals surface area contributed by atoms with Gasteiger partial charge in [-0.25, -0.2) is 0 Å². The smallest absolute Gasteiger partial charge is 0.323 e. The average Bonchev–Trinajstić information content (AvgIpc) is 2.56. The fourth-order valence-electron chi connectivity index (χ4n) is 1.82. The predicted octanol–water partition coefficient (Wildman–Crippen LogP) is 2.36. The molecule has 0 aliphatic rings. The molecular weight excluding hydrogens is 262 g/mol. The molecule has 0 atom stereocenters. The Morgan fingerprint density at radius 1 is 1.53 bits per heavy atom. The molecule has 1 N–H and O–H groups in total. The van der Waals surface area contributed by atoms with Crippen LogP contribution in [0.2, 0.25) is 5.02 Å². The molecule has 1 heterocycles. The van der Waals surface area contributed by atoms with Crippen molar-refractivity contribution in [1.82, 2.24) is 4.57 Å². The van der Waals surface area contributed by atoms with Gasteiger partial charge in [0.15, 0.2) is 0 Å². The van der Waals surface area contributed by atoms with Crippen molar-refractivity contribution in [1.29, 1.82) is 0 Å². The number of rotatable bonds is 3. The minimum Gasteiger partial charge on any atom is -0.480 e. The number of hydrogen-bond acceptors (Lipinski definition) is 3. The van der Waals surface area contributed by atoms with Crippen molar-refractivity contribution < 1.29 is 9.90 Å². The van der Waals surface area contributed by atoms with E-state index in [1.54, 1.807) is 12.1 Å². The van der Waals surface area contributed by atoms with Gasteiger partial charge < -0.3 is 5.11 Å². The number of carbonyl (C=O) groups is 1. The number of hydrogen-bond donors (Lipinski definition) is 1. The molecule has 90 valence electrons. The second-order valence-electron chi connectivity index (χ2n) is 3.57. The number of aromatic nitrogens is 1. The first-order valence-corrected chi connectivity index (χ1v) is 6.26. The highest BCUT2D eigenvalue weighted by atomic mass is 35.5. The summed E-state index contributed by atoms with van der Waals surface area (Å²) in [6.07, 6.45) is 0.659. The molecular formula is C11H10ClNO3S. The van der Waals surface area contributed by atoms with E-state index in [0.717, 1.165) is 21.6 Å². The third-order valence-corrected chi connectivity index (χ3v) is 3.82. The van der Waals surface area contributed by atoms with Crippen LogP contribution in [0.3, 0.4) is 0 Å². The van der Waals surface area contributed by atoms with E-state index in [9.17, 15) is 9.59 Å². The summed E-state index contributed by atoms with van der Waals surface area (Å²) < 4.78 is 2.05. The molecule has 2 aromatic rings. The number of benzene rings is 1. The topological polar surface area (TPSA) is 59.3 Å². The van der Waals surface area contributed by atoms with Crippen LogP contribution in [0.1, 0.15) is 12.5 Å². The summed E-state index contributed by atoms with van der Waals surface area (Å²) in [6.45, 7) is 1.60. The number of nitrogens with zero attached hydrogens (tertiary/aromatic N) is 1. The Labute approximate surface area is 106 Å². The van der Waals surface area contributed by atoms with E-state index in [1.807, 2.05) is 6.92 Å². The molecule has 0 amide bonds. The Morgan fingerprint density at radius 2 is 2.24 bits per heavy atom. The number of fused-ring (bicyclic) bond motifs is 1. The van der Waals surface area contributed by atoms with Crippen molar-refractivity contribution in [2.24, 2.45) is 0 Å². The summed E-state index contributed by atoms with van der Waals surface area (Å²) >= 11 is 7.11. The second-order valence-corrected chi connectivity index (χ2v) is 4.97. The van der Waals surface area contributed by atoms with E-state index in [4.69, 9.17) is 16.7 Å². The van der Waals surface area contributed by atoms with Crippen LogP contribution in [0.4, 0.5) is 0 Å². The molecule has 0 aliphatic heterocycles. The minimum absolute atomic E-state index is 0.264. The third-order valence-electron chi connectivity index (χ3n) is 2.52. The molecule has 0 unspecified atom stereocenters. The van der Waals surface area contributed by atoms with Crippen LogP contribution in [0, 0.1) is 0 Å². The van der Waals surface area contributed by atoms with Gasteiger partial charge in [0, 0.05) is 5.02 Å². The lowest BCUT2D eigenvalue weighted by Gasteiger charge is -2.06. The van der Waals surface area contributed by atoms with E-state index in [0.29, 0.717) is 17.0 Å². The zero-order valence-corrected chi connectivity index (χ0v) is 10.6. The van der Waals surface area contributed by atoms with Gasteiger partial charge in [0.1, 0.15) is 6.54 Å². The van der Waals surface area contributed by atoms with E-state index in [2.05, 4.69) is 0 Å². The fourth-order valence-corrected chi connectivity index (χ4v) is 3.03. The third kappa shape index (κ3) is 2.08. The molecule has 17 heavy (non-hydrogen) atoms. The van der Waals surface area contributed by atoms with Gasteiger partial charge in [0.2, 0.25) is 0 Å². The van der Waals surface area contributed by atoms with Crippen LogP contribution in [0.5, 0.6) is 0 Å². The Balaban J connectivity index is 2.81. The molecule has 4 nitrogen and oxygen atoms in total. The highest BCUT2D eigenvalue weighted by Gasteiger charge is 2.15. The maximum atomic E-state index is 11.7. The van der Waals surface area contributed by atoms with Crippen LogP contribution in [0.25, 0.3) is 10.2 Å². The molecule has 0 saturated heterocycles. The van der Waals surface area contributed by atoms with Crippen molar-refractivity contribution in [2.75, 3.05) is 0 Å². The first-order chi connectivity index (χ1) is 8.04. The first-order valence-electron chi connectivity index (χ1n) is 5.07. The number of carboxylic acids is 1. The SMILES string of the molecule is CCc1c(Cl)ccc2sc(=O)n(CC(=O)O)c12. The minimum atomic E-state index is -1.03. The summed E-state index contributed by atoms with van der Waals surface area (Å²) in [5.74, 6) is -1.03. The number of carboxylic acid groups (broad SMARTS) is 1. The number of aliphatic carboxylic acids is 1. The van der Waals surface area contributed by atoms with Gasteiger partial charge in [-0.1, -0.05) is 29.9 Å². The molecule has 2 rings (SSSR count). The molecule has 1 aromatic heterocycles. The Bertz CT molecular complexity index is 644. The zero-order chi connectivity index (χ0) is 12.6. The number of aryl methyl sites for hydroxylation is 1. The standard InChI is InChI=1S/C11H10ClNO3S/c1-2-6-7(12)3-4-8-10(6)13(5-9(14)15)11(16)17-8/h3-4H,2,5H2,1H3,(H,14,15). The Kier molecular flexibility index (Phi) is 3.22. The van der Waals surface area contributed by atoms with Crippen LogP contribution < -0.4 is 4.87 Å². The van der Waals surface area contributed by atoms with Crippen LogP contribution in [-0.4, -0.2) is 15.6 Å². The zero-order valence-electron chi connectivity index (χ0n) is 9.07.